The van der Waals surface area contributed by atoms with Gasteiger partial charge in [0.05, 0.1) is 0 Å². The fourth-order valence-electron chi connectivity index (χ4n) is 1.98. The number of aliphatic hydroxyl groups excluding tert-OH is 3. The maximum atomic E-state index is 9.73. The molecule has 0 aliphatic heterocycles. The fraction of sp³-hybridized carbons (Fsp3) is 0.429. The van der Waals surface area contributed by atoms with Gasteiger partial charge in [0.15, 0.2) is 0 Å². The molecule has 0 heterocycles. The smallest absolute Gasteiger partial charge is 0.275 e. The summed E-state index contributed by atoms with van der Waals surface area (Å²) in [6, 6.07) is 5.59. The Labute approximate surface area is 161 Å². The maximum Gasteiger partial charge on any atom is 0.275 e. The van der Waals surface area contributed by atoms with Crippen molar-refractivity contribution < 1.29 is 29.5 Å². The third kappa shape index (κ3) is 7.98. The van der Waals surface area contributed by atoms with Gasteiger partial charge in [0.25, 0.3) is 17.8 Å². The van der Waals surface area contributed by atoms with Crippen LogP contribution in [0.15, 0.2) is 52.8 Å². The van der Waals surface area contributed by atoms with Crippen LogP contribution in [0.4, 0.5) is 0 Å². The largest absolute Gasteiger partial charge is 0.481 e. The highest BCUT2D eigenvalue weighted by Gasteiger charge is 2.08. The first kappa shape index (κ1) is 22.3. The van der Waals surface area contributed by atoms with Gasteiger partial charge in [-0.25, -0.2) is 0 Å². The lowest BCUT2D eigenvalue weighted by Crippen LogP contribution is -2.02. The Kier molecular flexibility index (Phi) is 8.59. The number of ether oxygens (including phenoxy) is 3. The van der Waals surface area contributed by atoms with Gasteiger partial charge >= 0.3 is 0 Å². The molecule has 1 aromatic carbocycles. The molecule has 27 heavy (non-hydrogen) atoms. The number of allylic oxidation sites excluding steroid dienone is 3. The van der Waals surface area contributed by atoms with Crippen molar-refractivity contribution >= 4 is 0 Å². The third-order valence-corrected chi connectivity index (χ3v) is 3.52. The van der Waals surface area contributed by atoms with Crippen molar-refractivity contribution in [3.63, 3.8) is 0 Å². The molecule has 6 heteroatoms. The molecule has 0 aromatic heterocycles. The minimum Gasteiger partial charge on any atom is -0.481 e. The normalized spacial score (nSPS) is 10.0. The van der Waals surface area contributed by atoms with Crippen LogP contribution < -0.4 is 0 Å². The van der Waals surface area contributed by atoms with Gasteiger partial charge in [-0.1, -0.05) is 0 Å². The van der Waals surface area contributed by atoms with E-state index in [0.29, 0.717) is 16.7 Å². The second-order valence-electron chi connectivity index (χ2n) is 6.94. The number of rotatable bonds is 9. The van der Waals surface area contributed by atoms with E-state index in [1.807, 2.05) is 18.2 Å². The molecule has 1 rings (SSSR count). The van der Waals surface area contributed by atoms with E-state index in [9.17, 15) is 15.3 Å². The zero-order chi connectivity index (χ0) is 20.6. The predicted octanol–water partition coefficient (Wildman–Crippen LogP) is 5.66. The first-order valence-electron chi connectivity index (χ1n) is 8.69. The first-order chi connectivity index (χ1) is 12.6. The molecule has 0 amide bonds. The SMILES string of the molecule is CC(C)=C(O)OCc1cc(COC(O)=C(C)C)cc(COC(O)=C(C)C)c1. The van der Waals surface area contributed by atoms with Crippen molar-refractivity contribution in [1.82, 2.24) is 0 Å². The van der Waals surface area contributed by atoms with Crippen LogP contribution in [0.3, 0.4) is 0 Å². The van der Waals surface area contributed by atoms with E-state index in [1.54, 1.807) is 41.5 Å². The van der Waals surface area contributed by atoms with Crippen LogP contribution in [-0.2, 0) is 34.0 Å². The Hall–Kier alpha value is -2.76. The van der Waals surface area contributed by atoms with E-state index in [1.165, 1.54) is 0 Å². The van der Waals surface area contributed by atoms with Gasteiger partial charge in [-0.15, -0.1) is 0 Å². The molecule has 1 aromatic rings. The molecular formula is C21H30O6. The average Bonchev–Trinajstić information content (AvgIpc) is 2.61. The van der Waals surface area contributed by atoms with Crippen LogP contribution in [0.1, 0.15) is 58.2 Å². The number of aliphatic hydroxyl groups is 3. The van der Waals surface area contributed by atoms with Gasteiger partial charge in [0.1, 0.15) is 19.8 Å². The lowest BCUT2D eigenvalue weighted by molar-refractivity contribution is 0.0738. The molecule has 3 N–H and O–H groups in total. The molecule has 0 saturated carbocycles. The minimum absolute atomic E-state index is 0.112. The summed E-state index contributed by atoms with van der Waals surface area (Å²) in [6.45, 7) is 11.0. The first-order valence-corrected chi connectivity index (χ1v) is 8.69. The molecule has 0 spiro atoms. The molecule has 0 saturated heterocycles. The summed E-state index contributed by atoms with van der Waals surface area (Å²) < 4.78 is 16.1. The molecule has 150 valence electrons. The highest BCUT2D eigenvalue weighted by Crippen LogP contribution is 2.18. The van der Waals surface area contributed by atoms with Crippen LogP contribution >= 0.6 is 0 Å². The van der Waals surface area contributed by atoms with Crippen LogP contribution in [0.5, 0.6) is 0 Å². The van der Waals surface area contributed by atoms with E-state index < -0.39 is 0 Å². The van der Waals surface area contributed by atoms with Gasteiger partial charge in [0, 0.05) is 16.7 Å². The summed E-state index contributed by atoms with van der Waals surface area (Å²) in [6.07, 6.45) is 0. The summed E-state index contributed by atoms with van der Waals surface area (Å²) in [7, 11) is 0. The Morgan fingerprint density at radius 1 is 0.556 bits per heavy atom. The second-order valence-corrected chi connectivity index (χ2v) is 6.94. The predicted molar refractivity (Wildman–Crippen MR) is 104 cm³/mol. The number of benzene rings is 1. The van der Waals surface area contributed by atoms with Gasteiger partial charge in [-0.3, -0.25) is 0 Å². The summed E-state index contributed by atoms with van der Waals surface area (Å²) in [5.41, 5.74) is 4.45. The number of hydrogen-bond donors (Lipinski definition) is 3. The van der Waals surface area contributed by atoms with Crippen molar-refractivity contribution in [1.29, 1.82) is 0 Å². The van der Waals surface area contributed by atoms with Gasteiger partial charge in [0.2, 0.25) is 0 Å². The third-order valence-electron chi connectivity index (χ3n) is 3.52. The molecule has 0 atom stereocenters. The zero-order valence-corrected chi connectivity index (χ0v) is 16.9. The van der Waals surface area contributed by atoms with Gasteiger partial charge in [-0.2, -0.15) is 0 Å². The molecule has 0 unspecified atom stereocenters. The highest BCUT2D eigenvalue weighted by molar-refractivity contribution is 5.29. The fourth-order valence-corrected chi connectivity index (χ4v) is 1.98. The maximum absolute atomic E-state index is 9.73. The summed E-state index contributed by atoms with van der Waals surface area (Å²) >= 11 is 0. The van der Waals surface area contributed by atoms with Crippen molar-refractivity contribution in [2.24, 2.45) is 0 Å². The topological polar surface area (TPSA) is 88.4 Å². The number of hydrogen-bond acceptors (Lipinski definition) is 6. The van der Waals surface area contributed by atoms with Crippen molar-refractivity contribution in [3.8, 4) is 0 Å². The lowest BCUT2D eigenvalue weighted by Gasteiger charge is -2.13. The Morgan fingerprint density at radius 2 is 0.778 bits per heavy atom. The monoisotopic (exact) mass is 378 g/mol. The van der Waals surface area contributed by atoms with Crippen molar-refractivity contribution in [2.45, 2.75) is 61.4 Å². The zero-order valence-electron chi connectivity index (χ0n) is 16.9. The summed E-state index contributed by atoms with van der Waals surface area (Å²) in [4.78, 5) is 0. The standard InChI is InChI=1S/C21H30O6/c1-13(2)19(22)25-10-16-7-17(11-26-20(23)14(3)4)9-18(8-16)12-27-21(24)15(5)6/h7-9,22-24H,10-12H2,1-6H3. The molecule has 0 aliphatic rings. The summed E-state index contributed by atoms with van der Waals surface area (Å²) in [5, 5.41) is 29.2. The Bertz CT molecular complexity index is 619. The van der Waals surface area contributed by atoms with Gasteiger partial charge in [-0.05, 0) is 76.4 Å². The molecule has 6 nitrogen and oxygen atoms in total. The lowest BCUT2D eigenvalue weighted by atomic mass is 10.1. The van der Waals surface area contributed by atoms with E-state index >= 15 is 0 Å². The quantitative estimate of drug-likeness (QED) is 0.480. The van der Waals surface area contributed by atoms with E-state index in [4.69, 9.17) is 14.2 Å². The Balaban J connectivity index is 3.01. The van der Waals surface area contributed by atoms with Crippen LogP contribution in [-0.4, -0.2) is 15.3 Å². The van der Waals surface area contributed by atoms with E-state index in [2.05, 4.69) is 0 Å². The Morgan fingerprint density at radius 3 is 0.963 bits per heavy atom. The highest BCUT2D eigenvalue weighted by atomic mass is 16.6. The van der Waals surface area contributed by atoms with Crippen LogP contribution in [0.25, 0.3) is 0 Å². The molecule has 0 fully saturated rings. The van der Waals surface area contributed by atoms with Crippen LogP contribution in [0.2, 0.25) is 0 Å². The summed E-state index contributed by atoms with van der Waals surface area (Å²) in [5.74, 6) is -0.337. The van der Waals surface area contributed by atoms with Crippen molar-refractivity contribution in [2.75, 3.05) is 0 Å². The molecule has 0 bridgehead atoms. The van der Waals surface area contributed by atoms with Gasteiger partial charge < -0.3 is 29.5 Å². The minimum atomic E-state index is -0.112. The van der Waals surface area contributed by atoms with E-state index in [0.717, 1.165) is 16.7 Å². The molecule has 0 radical (unpaired) electrons. The van der Waals surface area contributed by atoms with E-state index in [-0.39, 0.29) is 37.7 Å². The van der Waals surface area contributed by atoms with Crippen LogP contribution in [0, 0.1) is 0 Å². The molecular weight excluding hydrogens is 348 g/mol. The molecule has 0 aliphatic carbocycles. The van der Waals surface area contributed by atoms with Crippen molar-refractivity contribution in [3.05, 3.63) is 69.4 Å². The average molecular weight is 378 g/mol. The second kappa shape index (κ2) is 10.4.